The third-order valence-corrected chi connectivity index (χ3v) is 8.41. The van der Waals surface area contributed by atoms with E-state index in [2.05, 4.69) is 52.4 Å². The lowest BCUT2D eigenvalue weighted by molar-refractivity contribution is -0.134. The van der Waals surface area contributed by atoms with Crippen molar-refractivity contribution in [3.05, 3.63) is 53.1 Å². The van der Waals surface area contributed by atoms with Crippen LogP contribution >= 0.6 is 0 Å². The second-order valence-electron chi connectivity index (χ2n) is 10.5. The molecule has 1 spiro atoms. The van der Waals surface area contributed by atoms with E-state index >= 15 is 0 Å². The molecule has 4 aliphatic rings. The molecule has 3 heterocycles. The minimum atomic E-state index is -0.232. The first-order valence-electron chi connectivity index (χ1n) is 12.8. The molecule has 6 heteroatoms. The number of amides is 3. The average Bonchev–Trinajstić information content (AvgIpc) is 2.86. The summed E-state index contributed by atoms with van der Waals surface area (Å²) < 4.78 is 0. The molecule has 3 amide bonds. The number of allylic oxidation sites excluding steroid dienone is 2. The standard InChI is InChI=1S/C28H35N3O3/c1-20-19-22(7-8-23(20)24-9-10-25(32)29-26(24)33)30-15-11-28(12-16-30)13-17-31(18-14-28)27(34)21-5-3-2-4-6-21/h3,5-8,19,24H,2,4,9-18H2,1H3,(H,29,32,33). The number of benzene rings is 1. The van der Waals surface area contributed by atoms with E-state index < -0.39 is 0 Å². The van der Waals surface area contributed by atoms with Gasteiger partial charge >= 0.3 is 0 Å². The van der Waals surface area contributed by atoms with Gasteiger partial charge in [-0.15, -0.1) is 0 Å². The lowest BCUT2D eigenvalue weighted by Crippen LogP contribution is -2.48. The van der Waals surface area contributed by atoms with E-state index in [9.17, 15) is 14.4 Å². The fourth-order valence-corrected chi connectivity index (χ4v) is 6.12. The van der Waals surface area contributed by atoms with E-state index in [1.54, 1.807) is 0 Å². The largest absolute Gasteiger partial charge is 0.371 e. The Bertz CT molecular complexity index is 1040. The van der Waals surface area contributed by atoms with Gasteiger partial charge in [0, 0.05) is 43.9 Å². The Morgan fingerprint density at radius 1 is 1.03 bits per heavy atom. The molecular weight excluding hydrogens is 426 g/mol. The van der Waals surface area contributed by atoms with Crippen molar-refractivity contribution in [3.8, 4) is 0 Å². The summed E-state index contributed by atoms with van der Waals surface area (Å²) in [5, 5.41) is 2.48. The maximum atomic E-state index is 12.8. The van der Waals surface area contributed by atoms with Gasteiger partial charge in [0.15, 0.2) is 0 Å². The fraction of sp³-hybridized carbons (Fsp3) is 0.536. The molecule has 180 valence electrons. The second kappa shape index (κ2) is 9.40. The molecule has 0 radical (unpaired) electrons. The van der Waals surface area contributed by atoms with Crippen LogP contribution in [0.25, 0.3) is 0 Å². The van der Waals surface area contributed by atoms with Crippen LogP contribution in [0.5, 0.6) is 0 Å². The van der Waals surface area contributed by atoms with Crippen LogP contribution in [0.4, 0.5) is 5.69 Å². The Hall–Kier alpha value is -2.89. The first-order chi connectivity index (χ1) is 16.4. The average molecular weight is 462 g/mol. The first-order valence-corrected chi connectivity index (χ1v) is 12.8. The molecule has 0 aromatic heterocycles. The molecule has 5 rings (SSSR count). The summed E-state index contributed by atoms with van der Waals surface area (Å²) in [6.07, 6.45) is 13.7. The normalized spacial score (nSPS) is 24.7. The minimum Gasteiger partial charge on any atom is -0.371 e. The highest BCUT2D eigenvalue weighted by Crippen LogP contribution is 2.43. The van der Waals surface area contributed by atoms with E-state index in [0.29, 0.717) is 18.3 Å². The zero-order chi connectivity index (χ0) is 23.7. The fourth-order valence-electron chi connectivity index (χ4n) is 6.12. The molecule has 1 unspecified atom stereocenters. The number of anilines is 1. The van der Waals surface area contributed by atoms with Crippen molar-refractivity contribution in [2.24, 2.45) is 5.41 Å². The minimum absolute atomic E-state index is 0.170. The number of likely N-dealkylation sites (tertiary alicyclic amines) is 1. The van der Waals surface area contributed by atoms with Gasteiger partial charge < -0.3 is 9.80 Å². The summed E-state index contributed by atoms with van der Waals surface area (Å²) in [6, 6.07) is 6.41. The van der Waals surface area contributed by atoms with Gasteiger partial charge in [-0.05, 0) is 80.5 Å². The number of hydrogen-bond acceptors (Lipinski definition) is 4. The summed E-state index contributed by atoms with van der Waals surface area (Å²) in [6.45, 7) is 5.85. The Morgan fingerprint density at radius 3 is 2.41 bits per heavy atom. The maximum Gasteiger partial charge on any atom is 0.253 e. The summed E-state index contributed by atoms with van der Waals surface area (Å²) in [7, 11) is 0. The quantitative estimate of drug-likeness (QED) is 0.691. The van der Waals surface area contributed by atoms with Gasteiger partial charge in [-0.25, -0.2) is 0 Å². The van der Waals surface area contributed by atoms with E-state index in [4.69, 9.17) is 0 Å². The van der Waals surface area contributed by atoms with E-state index in [1.807, 2.05) is 6.08 Å². The van der Waals surface area contributed by atoms with Crippen LogP contribution in [0.2, 0.25) is 0 Å². The number of piperidine rings is 3. The third-order valence-electron chi connectivity index (χ3n) is 8.41. The number of hydrogen-bond donors (Lipinski definition) is 1. The lowest BCUT2D eigenvalue weighted by Gasteiger charge is -2.47. The number of carbonyl (C=O) groups is 3. The molecule has 0 saturated carbocycles. The SMILES string of the molecule is Cc1cc(N2CCC3(CCN(C(=O)C4=CCCC=C4)CC3)CC2)ccc1C1CCC(=O)NC1=O. The van der Waals surface area contributed by atoms with Crippen molar-refractivity contribution in [3.63, 3.8) is 0 Å². The van der Waals surface area contributed by atoms with Crippen molar-refractivity contribution >= 4 is 23.4 Å². The van der Waals surface area contributed by atoms with Crippen LogP contribution < -0.4 is 10.2 Å². The van der Waals surface area contributed by atoms with Crippen LogP contribution in [-0.2, 0) is 14.4 Å². The molecule has 1 aromatic rings. The topological polar surface area (TPSA) is 69.7 Å². The monoisotopic (exact) mass is 461 g/mol. The van der Waals surface area contributed by atoms with Gasteiger partial charge in [-0.3, -0.25) is 19.7 Å². The van der Waals surface area contributed by atoms with Gasteiger partial charge in [0.1, 0.15) is 0 Å². The lowest BCUT2D eigenvalue weighted by atomic mass is 9.71. The highest BCUT2D eigenvalue weighted by atomic mass is 16.2. The summed E-state index contributed by atoms with van der Waals surface area (Å²) in [5.74, 6) is -0.373. The van der Waals surface area contributed by atoms with Crippen molar-refractivity contribution in [1.29, 1.82) is 0 Å². The van der Waals surface area contributed by atoms with Crippen molar-refractivity contribution in [2.45, 2.75) is 64.2 Å². The predicted molar refractivity (Wildman–Crippen MR) is 132 cm³/mol. The number of aryl methyl sites for hydroxylation is 1. The zero-order valence-corrected chi connectivity index (χ0v) is 20.1. The van der Waals surface area contributed by atoms with Gasteiger partial charge in [0.05, 0.1) is 5.92 Å². The van der Waals surface area contributed by atoms with E-state index in [-0.39, 0.29) is 23.6 Å². The van der Waals surface area contributed by atoms with Crippen molar-refractivity contribution in [1.82, 2.24) is 10.2 Å². The Labute approximate surface area is 202 Å². The maximum absolute atomic E-state index is 12.8. The molecule has 1 aliphatic carbocycles. The summed E-state index contributed by atoms with van der Waals surface area (Å²) in [4.78, 5) is 41.1. The highest BCUT2D eigenvalue weighted by Gasteiger charge is 2.39. The van der Waals surface area contributed by atoms with Gasteiger partial charge in [-0.1, -0.05) is 24.3 Å². The van der Waals surface area contributed by atoms with Gasteiger partial charge in [-0.2, -0.15) is 0 Å². The molecule has 1 N–H and O–H groups in total. The van der Waals surface area contributed by atoms with Crippen LogP contribution in [0.1, 0.15) is 68.4 Å². The Balaban J connectivity index is 1.17. The molecule has 3 fully saturated rings. The van der Waals surface area contributed by atoms with Crippen LogP contribution in [-0.4, -0.2) is 48.8 Å². The molecule has 0 bridgehead atoms. The Morgan fingerprint density at radius 2 is 1.76 bits per heavy atom. The molecule has 1 atom stereocenters. The molecule has 6 nitrogen and oxygen atoms in total. The molecule has 3 aliphatic heterocycles. The number of nitrogens with one attached hydrogen (secondary N) is 1. The molecule has 3 saturated heterocycles. The second-order valence-corrected chi connectivity index (χ2v) is 10.5. The summed E-state index contributed by atoms with van der Waals surface area (Å²) >= 11 is 0. The van der Waals surface area contributed by atoms with Crippen LogP contribution in [0, 0.1) is 12.3 Å². The third kappa shape index (κ3) is 4.55. The van der Waals surface area contributed by atoms with Gasteiger partial charge in [0.25, 0.3) is 5.91 Å². The first kappa shape index (κ1) is 22.9. The molecular formula is C28H35N3O3. The highest BCUT2D eigenvalue weighted by molar-refractivity contribution is 6.01. The molecule has 34 heavy (non-hydrogen) atoms. The number of rotatable bonds is 3. The van der Waals surface area contributed by atoms with Crippen LogP contribution in [0.3, 0.4) is 0 Å². The Kier molecular flexibility index (Phi) is 6.32. The van der Waals surface area contributed by atoms with E-state index in [0.717, 1.165) is 81.4 Å². The molecule has 1 aromatic carbocycles. The van der Waals surface area contributed by atoms with Crippen molar-refractivity contribution in [2.75, 3.05) is 31.1 Å². The van der Waals surface area contributed by atoms with E-state index in [1.165, 1.54) is 5.69 Å². The predicted octanol–water partition coefficient (Wildman–Crippen LogP) is 4.00. The van der Waals surface area contributed by atoms with Gasteiger partial charge in [0.2, 0.25) is 11.8 Å². The van der Waals surface area contributed by atoms with Crippen molar-refractivity contribution < 1.29 is 14.4 Å². The number of imide groups is 1. The zero-order valence-electron chi connectivity index (χ0n) is 20.1. The number of carbonyl (C=O) groups excluding carboxylic acids is 3. The summed E-state index contributed by atoms with van der Waals surface area (Å²) in [5.41, 5.74) is 4.58. The van der Waals surface area contributed by atoms with Crippen LogP contribution in [0.15, 0.2) is 42.0 Å². The smallest absolute Gasteiger partial charge is 0.253 e. The number of nitrogens with zero attached hydrogens (tertiary/aromatic N) is 2.